The average Bonchev–Trinajstić information content (AvgIpc) is 2.86. The van der Waals surface area contributed by atoms with Crippen LogP contribution < -0.4 is 10.5 Å². The third-order valence-corrected chi connectivity index (χ3v) is 3.61. The molecule has 1 unspecified atom stereocenters. The molecule has 1 atom stereocenters. The minimum atomic E-state index is 0.00718. The number of benzene rings is 1. The summed E-state index contributed by atoms with van der Waals surface area (Å²) in [7, 11) is 1.68. The second-order valence-corrected chi connectivity index (χ2v) is 5.19. The number of aromatic nitrogens is 2. The number of nitrogens with zero attached hydrogens (tertiary/aromatic N) is 1. The van der Waals surface area contributed by atoms with E-state index in [1.165, 1.54) is 5.56 Å². The number of nitrogens with two attached hydrogens (primary N) is 1. The smallest absolute Gasteiger partial charge is 0.122 e. The highest BCUT2D eigenvalue weighted by molar-refractivity contribution is 9.10. The van der Waals surface area contributed by atoms with Gasteiger partial charge in [0.15, 0.2) is 0 Å². The van der Waals surface area contributed by atoms with E-state index in [0.717, 1.165) is 28.2 Å². The number of rotatable bonds is 5. The maximum absolute atomic E-state index is 5.93. The maximum Gasteiger partial charge on any atom is 0.122 e. The number of hydrogen-bond acceptors (Lipinski definition) is 3. The molecule has 4 nitrogen and oxygen atoms in total. The number of methoxy groups -OCH3 is 1. The number of aromatic amines is 1. The second-order valence-electron chi connectivity index (χ2n) is 4.33. The predicted octanol–water partition coefficient (Wildman–Crippen LogP) is 2.83. The number of hydrogen-bond donors (Lipinski definition) is 2. The van der Waals surface area contributed by atoms with Crippen molar-refractivity contribution in [1.82, 2.24) is 9.97 Å². The zero-order valence-electron chi connectivity index (χ0n) is 11.1. The Kier molecular flexibility index (Phi) is 4.61. The first-order chi connectivity index (χ1) is 9.19. The fourth-order valence-electron chi connectivity index (χ4n) is 2.15. The number of imidazole rings is 1. The largest absolute Gasteiger partial charge is 0.496 e. The molecule has 0 aliphatic heterocycles. The molecule has 1 aromatic heterocycles. The standard InChI is InChI=1S/C14H18BrN3O/c1-3-9-4-5-12(19-2)10(6-9)11(7-16)14-17-8-13(15)18-14/h4-6,8,11H,3,7,16H2,1-2H3,(H,17,18). The fraction of sp³-hybridized carbons (Fsp3) is 0.357. The molecule has 0 amide bonds. The summed E-state index contributed by atoms with van der Waals surface area (Å²) in [5.74, 6) is 1.70. The van der Waals surface area contributed by atoms with Gasteiger partial charge in [-0.2, -0.15) is 0 Å². The molecular formula is C14H18BrN3O. The van der Waals surface area contributed by atoms with Crippen LogP contribution in [0.15, 0.2) is 29.0 Å². The van der Waals surface area contributed by atoms with Gasteiger partial charge in [-0.1, -0.05) is 19.1 Å². The molecule has 0 saturated heterocycles. The zero-order valence-corrected chi connectivity index (χ0v) is 12.7. The predicted molar refractivity (Wildman–Crippen MR) is 79.6 cm³/mol. The molecule has 0 bridgehead atoms. The summed E-state index contributed by atoms with van der Waals surface area (Å²) in [6, 6.07) is 6.22. The van der Waals surface area contributed by atoms with E-state index in [1.807, 2.05) is 6.07 Å². The van der Waals surface area contributed by atoms with Crippen LogP contribution in [0.5, 0.6) is 5.75 Å². The number of nitrogens with one attached hydrogen (secondary N) is 1. The van der Waals surface area contributed by atoms with Gasteiger partial charge in [0.1, 0.15) is 16.2 Å². The highest BCUT2D eigenvalue weighted by Crippen LogP contribution is 2.31. The molecule has 0 radical (unpaired) electrons. The van der Waals surface area contributed by atoms with Crippen LogP contribution in [0, 0.1) is 0 Å². The lowest BCUT2D eigenvalue weighted by Gasteiger charge is -2.17. The van der Waals surface area contributed by atoms with Crippen molar-refractivity contribution in [3.8, 4) is 5.75 Å². The lowest BCUT2D eigenvalue weighted by Crippen LogP contribution is -2.16. The molecule has 3 N–H and O–H groups in total. The quantitative estimate of drug-likeness (QED) is 0.889. The molecule has 0 fully saturated rings. The summed E-state index contributed by atoms with van der Waals surface area (Å²) >= 11 is 3.38. The molecular weight excluding hydrogens is 306 g/mol. The van der Waals surface area contributed by atoms with Crippen molar-refractivity contribution in [2.75, 3.05) is 13.7 Å². The van der Waals surface area contributed by atoms with E-state index < -0.39 is 0 Å². The first-order valence-electron chi connectivity index (χ1n) is 6.26. The van der Waals surface area contributed by atoms with Crippen molar-refractivity contribution in [2.45, 2.75) is 19.3 Å². The van der Waals surface area contributed by atoms with Crippen LogP contribution in [0.1, 0.15) is 29.8 Å². The van der Waals surface area contributed by atoms with Crippen molar-refractivity contribution in [1.29, 1.82) is 0 Å². The lowest BCUT2D eigenvalue weighted by molar-refractivity contribution is 0.407. The average molecular weight is 324 g/mol. The summed E-state index contributed by atoms with van der Waals surface area (Å²) in [5, 5.41) is 0. The van der Waals surface area contributed by atoms with Crippen LogP contribution in [0.4, 0.5) is 0 Å². The summed E-state index contributed by atoms with van der Waals surface area (Å²) in [5.41, 5.74) is 8.27. The Morgan fingerprint density at radius 3 is 2.79 bits per heavy atom. The molecule has 0 aliphatic carbocycles. The molecule has 2 aromatic rings. The molecule has 1 heterocycles. The van der Waals surface area contributed by atoms with Gasteiger partial charge in [0.2, 0.25) is 0 Å². The van der Waals surface area contributed by atoms with Crippen molar-refractivity contribution in [2.24, 2.45) is 5.73 Å². The SMILES string of the molecule is CCc1ccc(OC)c(C(CN)c2ncc(Br)[nH]2)c1. The van der Waals surface area contributed by atoms with Crippen LogP contribution in [-0.4, -0.2) is 23.6 Å². The Bertz CT molecular complexity index is 553. The first kappa shape index (κ1) is 14.1. The van der Waals surface area contributed by atoms with Gasteiger partial charge in [0.25, 0.3) is 0 Å². The van der Waals surface area contributed by atoms with Crippen molar-refractivity contribution in [3.05, 3.63) is 46.0 Å². The van der Waals surface area contributed by atoms with E-state index in [1.54, 1.807) is 13.3 Å². The van der Waals surface area contributed by atoms with Gasteiger partial charge in [-0.3, -0.25) is 0 Å². The number of H-pyrrole nitrogens is 1. The van der Waals surface area contributed by atoms with Crippen LogP contribution in [-0.2, 0) is 6.42 Å². The highest BCUT2D eigenvalue weighted by Gasteiger charge is 2.20. The summed E-state index contributed by atoms with van der Waals surface area (Å²) < 4.78 is 6.30. The Balaban J connectivity index is 2.47. The first-order valence-corrected chi connectivity index (χ1v) is 7.06. The molecule has 0 aliphatic rings. The van der Waals surface area contributed by atoms with E-state index >= 15 is 0 Å². The van der Waals surface area contributed by atoms with Crippen LogP contribution >= 0.6 is 15.9 Å². The molecule has 0 saturated carbocycles. The van der Waals surface area contributed by atoms with Crippen molar-refractivity contribution >= 4 is 15.9 Å². The van der Waals surface area contributed by atoms with E-state index in [2.05, 4.69) is 45.0 Å². The summed E-state index contributed by atoms with van der Waals surface area (Å²) in [4.78, 5) is 7.54. The van der Waals surface area contributed by atoms with Crippen LogP contribution in [0.25, 0.3) is 0 Å². The third kappa shape index (κ3) is 2.98. The Morgan fingerprint density at radius 2 is 2.26 bits per heavy atom. The van der Waals surface area contributed by atoms with E-state index in [4.69, 9.17) is 10.5 Å². The molecule has 19 heavy (non-hydrogen) atoms. The van der Waals surface area contributed by atoms with Gasteiger partial charge in [-0.15, -0.1) is 0 Å². The van der Waals surface area contributed by atoms with Gasteiger partial charge in [0, 0.05) is 12.1 Å². The number of ether oxygens (including phenoxy) is 1. The number of aryl methyl sites for hydroxylation is 1. The highest BCUT2D eigenvalue weighted by atomic mass is 79.9. The van der Waals surface area contributed by atoms with Crippen LogP contribution in [0.3, 0.4) is 0 Å². The van der Waals surface area contributed by atoms with Crippen molar-refractivity contribution in [3.63, 3.8) is 0 Å². The van der Waals surface area contributed by atoms with E-state index in [0.29, 0.717) is 6.54 Å². The molecule has 5 heteroatoms. The zero-order chi connectivity index (χ0) is 13.8. The minimum absolute atomic E-state index is 0.00718. The molecule has 2 rings (SSSR count). The Hall–Kier alpha value is -1.33. The Morgan fingerprint density at radius 1 is 1.47 bits per heavy atom. The van der Waals surface area contributed by atoms with Crippen molar-refractivity contribution < 1.29 is 4.74 Å². The van der Waals surface area contributed by atoms with Gasteiger partial charge in [-0.05, 0) is 34.0 Å². The van der Waals surface area contributed by atoms with Gasteiger partial charge >= 0.3 is 0 Å². The van der Waals surface area contributed by atoms with Gasteiger partial charge in [-0.25, -0.2) is 4.98 Å². The minimum Gasteiger partial charge on any atom is -0.496 e. The Labute approximate surface area is 121 Å². The summed E-state index contributed by atoms with van der Waals surface area (Å²) in [6.45, 7) is 2.61. The third-order valence-electron chi connectivity index (χ3n) is 3.21. The summed E-state index contributed by atoms with van der Waals surface area (Å²) in [6.07, 6.45) is 2.73. The van der Waals surface area contributed by atoms with Gasteiger partial charge < -0.3 is 15.5 Å². The van der Waals surface area contributed by atoms with Crippen LogP contribution in [0.2, 0.25) is 0 Å². The fourth-order valence-corrected chi connectivity index (χ4v) is 2.46. The maximum atomic E-state index is 5.93. The lowest BCUT2D eigenvalue weighted by atomic mass is 9.95. The molecule has 0 spiro atoms. The monoisotopic (exact) mass is 323 g/mol. The van der Waals surface area contributed by atoms with Gasteiger partial charge in [0.05, 0.1) is 19.2 Å². The molecule has 1 aromatic carbocycles. The molecule has 102 valence electrons. The topological polar surface area (TPSA) is 63.9 Å². The van der Waals surface area contributed by atoms with E-state index in [-0.39, 0.29) is 5.92 Å². The number of halogens is 1. The second kappa shape index (κ2) is 6.21. The van der Waals surface area contributed by atoms with E-state index in [9.17, 15) is 0 Å². The normalized spacial score (nSPS) is 12.4.